The number of aromatic nitrogens is 2. The van der Waals surface area contributed by atoms with Crippen LogP contribution in [0, 0.1) is 0 Å². The van der Waals surface area contributed by atoms with Gasteiger partial charge in [0.2, 0.25) is 0 Å². The normalized spacial score (nSPS) is 12.3. The van der Waals surface area contributed by atoms with Crippen molar-refractivity contribution in [3.8, 4) is 11.3 Å². The molecular weight excluding hydrogens is 363 g/mol. The number of halogens is 3. The molecule has 2 N–H and O–H groups in total. The summed E-state index contributed by atoms with van der Waals surface area (Å²) in [6.45, 7) is 0. The first-order chi connectivity index (χ1) is 11.3. The third-order valence-corrected chi connectivity index (χ3v) is 5.46. The van der Waals surface area contributed by atoms with Crippen molar-refractivity contribution >= 4 is 26.5 Å². The molecule has 0 spiro atoms. The Hall–Kier alpha value is -2.33. The van der Waals surface area contributed by atoms with E-state index in [1.165, 1.54) is 12.3 Å². The van der Waals surface area contributed by atoms with Crippen molar-refractivity contribution in [2.45, 2.75) is 11.1 Å². The Morgan fingerprint density at radius 3 is 2.50 bits per heavy atom. The molecule has 126 valence electrons. The highest BCUT2D eigenvalue weighted by atomic mass is 32.2. The number of rotatable bonds is 4. The van der Waals surface area contributed by atoms with E-state index in [2.05, 4.69) is 14.7 Å². The van der Waals surface area contributed by atoms with E-state index in [0.717, 1.165) is 5.56 Å². The molecule has 0 aliphatic heterocycles. The molecule has 3 rings (SSSR count). The van der Waals surface area contributed by atoms with E-state index in [1.807, 2.05) is 6.07 Å². The Bertz CT molecular complexity index is 947. The smallest absolute Gasteiger partial charge is 0.360 e. The van der Waals surface area contributed by atoms with Crippen molar-refractivity contribution in [2.24, 2.45) is 0 Å². The fourth-order valence-corrected chi connectivity index (χ4v) is 3.86. The van der Waals surface area contributed by atoms with Gasteiger partial charge in [-0.1, -0.05) is 41.7 Å². The summed E-state index contributed by atoms with van der Waals surface area (Å²) in [5.74, 6) is 0. The number of nitrogens with zero attached hydrogens (tertiary/aromatic N) is 1. The first kappa shape index (κ1) is 16.5. The maximum Gasteiger partial charge on any atom is 0.427 e. The maximum absolute atomic E-state index is 12.5. The molecule has 0 saturated carbocycles. The highest BCUT2D eigenvalue weighted by molar-refractivity contribution is 7.93. The van der Waals surface area contributed by atoms with E-state index in [9.17, 15) is 21.6 Å². The van der Waals surface area contributed by atoms with Crippen molar-refractivity contribution < 1.29 is 21.6 Å². The van der Waals surface area contributed by atoms with Gasteiger partial charge in [0.25, 0.3) is 10.0 Å². The van der Waals surface area contributed by atoms with Crippen LogP contribution in [-0.4, -0.2) is 18.4 Å². The van der Waals surface area contributed by atoms with Crippen LogP contribution in [0.1, 0.15) is 4.88 Å². The Morgan fingerprint density at radius 1 is 1.17 bits per heavy atom. The zero-order valence-corrected chi connectivity index (χ0v) is 13.5. The Morgan fingerprint density at radius 2 is 1.88 bits per heavy atom. The quantitative estimate of drug-likeness (QED) is 0.727. The minimum Gasteiger partial charge on any atom is -0.360 e. The molecule has 0 unspecified atom stereocenters. The summed E-state index contributed by atoms with van der Waals surface area (Å²) >= 11 is 0.228. The average molecular weight is 373 g/mol. The van der Waals surface area contributed by atoms with Gasteiger partial charge in [0.05, 0.1) is 6.20 Å². The summed E-state index contributed by atoms with van der Waals surface area (Å²) in [5, 5.41) is -0.343. The van der Waals surface area contributed by atoms with Gasteiger partial charge >= 0.3 is 6.18 Å². The van der Waals surface area contributed by atoms with Crippen LogP contribution in [0.25, 0.3) is 11.3 Å². The van der Waals surface area contributed by atoms with Crippen molar-refractivity contribution in [3.63, 3.8) is 0 Å². The van der Waals surface area contributed by atoms with Crippen molar-refractivity contribution in [2.75, 3.05) is 4.72 Å². The molecule has 24 heavy (non-hydrogen) atoms. The van der Waals surface area contributed by atoms with Gasteiger partial charge < -0.3 is 4.98 Å². The fourth-order valence-electron chi connectivity index (χ4n) is 1.94. The molecule has 10 heteroatoms. The van der Waals surface area contributed by atoms with E-state index in [4.69, 9.17) is 0 Å². The number of alkyl halides is 3. The summed E-state index contributed by atoms with van der Waals surface area (Å²) < 4.78 is 64.2. The molecule has 0 fully saturated rings. The molecular formula is C14H10F3N3O2S2. The van der Waals surface area contributed by atoms with E-state index in [-0.39, 0.29) is 21.4 Å². The largest absolute Gasteiger partial charge is 0.427 e. The van der Waals surface area contributed by atoms with Gasteiger partial charge in [0, 0.05) is 11.9 Å². The summed E-state index contributed by atoms with van der Waals surface area (Å²) in [5.41, 5.74) is 1.36. The third-order valence-electron chi connectivity index (χ3n) is 3.06. The second-order valence-electron chi connectivity index (χ2n) is 4.75. The number of thiazole rings is 1. The van der Waals surface area contributed by atoms with Crippen LogP contribution >= 0.6 is 11.3 Å². The number of sulfonamides is 1. The monoisotopic (exact) mass is 373 g/mol. The van der Waals surface area contributed by atoms with Crippen LogP contribution < -0.4 is 4.72 Å². The maximum atomic E-state index is 12.5. The fraction of sp³-hybridized carbons (Fsp3) is 0.0714. The van der Waals surface area contributed by atoms with Crippen LogP contribution in [0.3, 0.4) is 0 Å². The second kappa shape index (κ2) is 5.95. The molecule has 0 aliphatic rings. The van der Waals surface area contributed by atoms with Crippen molar-refractivity contribution in [1.82, 2.24) is 9.97 Å². The molecule has 2 heterocycles. The lowest BCUT2D eigenvalue weighted by atomic mass is 10.2. The summed E-state index contributed by atoms with van der Waals surface area (Å²) in [6.07, 6.45) is -2.70. The SMILES string of the molecule is O=S(=O)(Nc1ncc(C(F)(F)F)s1)c1c[nH]c(-c2ccccc2)c1. The third kappa shape index (κ3) is 3.44. The van der Waals surface area contributed by atoms with Crippen LogP contribution in [0.2, 0.25) is 0 Å². The number of hydrogen-bond acceptors (Lipinski definition) is 4. The lowest BCUT2D eigenvalue weighted by molar-refractivity contribution is -0.134. The van der Waals surface area contributed by atoms with E-state index < -0.39 is 21.1 Å². The summed E-state index contributed by atoms with van der Waals surface area (Å²) in [7, 11) is -4.03. The summed E-state index contributed by atoms with van der Waals surface area (Å²) in [4.78, 5) is 5.22. The number of hydrogen-bond donors (Lipinski definition) is 2. The number of anilines is 1. The van der Waals surface area contributed by atoms with Gasteiger partial charge in [-0.05, 0) is 11.6 Å². The number of nitrogens with one attached hydrogen (secondary N) is 2. The predicted octanol–water partition coefficient (Wildman–Crippen LogP) is 3.96. The lowest BCUT2D eigenvalue weighted by Gasteiger charge is -2.02. The molecule has 0 atom stereocenters. The van der Waals surface area contributed by atoms with Crippen LogP contribution in [-0.2, 0) is 16.2 Å². The highest BCUT2D eigenvalue weighted by Crippen LogP contribution is 2.35. The summed E-state index contributed by atoms with van der Waals surface area (Å²) in [6, 6.07) is 10.4. The van der Waals surface area contributed by atoms with Gasteiger partial charge in [-0.2, -0.15) is 13.2 Å². The van der Waals surface area contributed by atoms with E-state index in [1.54, 1.807) is 24.3 Å². The van der Waals surface area contributed by atoms with Gasteiger partial charge in [0.15, 0.2) is 5.13 Å². The highest BCUT2D eigenvalue weighted by Gasteiger charge is 2.33. The Balaban J connectivity index is 1.84. The standard InChI is InChI=1S/C14H10F3N3O2S2/c15-14(16,17)12-8-19-13(23-12)20-24(21,22)10-6-11(18-7-10)9-4-2-1-3-5-9/h1-8,18H,(H,19,20). The van der Waals surface area contributed by atoms with Crippen molar-refractivity contribution in [3.05, 3.63) is 53.7 Å². The topological polar surface area (TPSA) is 74.8 Å². The molecule has 5 nitrogen and oxygen atoms in total. The van der Waals surface area contributed by atoms with Gasteiger partial charge in [-0.25, -0.2) is 13.4 Å². The zero-order chi connectivity index (χ0) is 17.4. The van der Waals surface area contributed by atoms with Crippen LogP contribution in [0.4, 0.5) is 18.3 Å². The molecule has 2 aromatic heterocycles. The minimum atomic E-state index is -4.56. The molecule has 0 radical (unpaired) electrons. The minimum absolute atomic E-state index is 0.0925. The Labute approximate surface area is 139 Å². The zero-order valence-electron chi connectivity index (χ0n) is 11.8. The predicted molar refractivity (Wildman–Crippen MR) is 84.2 cm³/mol. The molecule has 0 bridgehead atoms. The number of H-pyrrole nitrogens is 1. The molecule has 0 aliphatic carbocycles. The van der Waals surface area contributed by atoms with Crippen molar-refractivity contribution in [1.29, 1.82) is 0 Å². The molecule has 0 saturated heterocycles. The Kier molecular flexibility index (Phi) is 4.10. The second-order valence-corrected chi connectivity index (χ2v) is 7.46. The molecule has 0 amide bonds. The van der Waals surface area contributed by atoms with E-state index >= 15 is 0 Å². The van der Waals surface area contributed by atoms with Crippen LogP contribution in [0.5, 0.6) is 0 Å². The first-order valence-electron chi connectivity index (χ1n) is 6.55. The van der Waals surface area contributed by atoms with Gasteiger partial charge in [0.1, 0.15) is 9.77 Å². The van der Waals surface area contributed by atoms with E-state index in [0.29, 0.717) is 11.9 Å². The average Bonchev–Trinajstić information content (AvgIpc) is 3.16. The van der Waals surface area contributed by atoms with Gasteiger partial charge in [-0.15, -0.1) is 0 Å². The first-order valence-corrected chi connectivity index (χ1v) is 8.85. The lowest BCUT2D eigenvalue weighted by Crippen LogP contribution is -2.11. The number of benzene rings is 1. The van der Waals surface area contributed by atoms with Crippen LogP contribution in [0.15, 0.2) is 53.7 Å². The molecule has 1 aromatic carbocycles. The van der Waals surface area contributed by atoms with Gasteiger partial charge in [-0.3, -0.25) is 4.72 Å². The number of aromatic amines is 1. The molecule has 3 aromatic rings.